The average Bonchev–Trinajstić information content (AvgIpc) is 3.13. The number of ether oxygens (including phenoxy) is 2. The van der Waals surface area contributed by atoms with E-state index < -0.39 is 6.29 Å². The maximum atomic E-state index is 5.77. The Morgan fingerprint density at radius 3 is 2.37 bits per heavy atom. The van der Waals surface area contributed by atoms with Crippen LogP contribution in [0.15, 0.2) is 60.8 Å². The monoisotopic (exact) mass is 402 g/mol. The highest BCUT2D eigenvalue weighted by Gasteiger charge is 2.20. The molecule has 6 heteroatoms. The van der Waals surface area contributed by atoms with Crippen LogP contribution in [0.1, 0.15) is 37.0 Å². The molecule has 154 valence electrons. The van der Waals surface area contributed by atoms with Gasteiger partial charge in [0.15, 0.2) is 5.82 Å². The molecule has 0 aliphatic carbocycles. The van der Waals surface area contributed by atoms with Gasteiger partial charge in [-0.25, -0.2) is 9.97 Å². The minimum absolute atomic E-state index is 0.514. The summed E-state index contributed by atoms with van der Waals surface area (Å²) < 4.78 is 13.6. The van der Waals surface area contributed by atoms with E-state index in [1.807, 2.05) is 62.0 Å². The number of fused-ring (bicyclic) bond motifs is 1. The normalized spacial score (nSPS) is 11.5. The summed E-state index contributed by atoms with van der Waals surface area (Å²) in [5.41, 5.74) is 4.67. The molecular weight excluding hydrogens is 376 g/mol. The second-order valence-electron chi connectivity index (χ2n) is 7.01. The van der Waals surface area contributed by atoms with Crippen LogP contribution in [0.5, 0.6) is 0 Å². The topological polar surface area (TPSA) is 62.1 Å². The Morgan fingerprint density at radius 1 is 0.933 bits per heavy atom. The lowest BCUT2D eigenvalue weighted by Crippen LogP contribution is -2.13. The van der Waals surface area contributed by atoms with Crippen LogP contribution in [0.2, 0.25) is 0 Å². The van der Waals surface area contributed by atoms with Crippen molar-refractivity contribution in [2.75, 3.05) is 13.2 Å². The molecule has 4 rings (SSSR count). The maximum absolute atomic E-state index is 5.77. The lowest BCUT2D eigenvalue weighted by Gasteiger charge is -2.18. The zero-order valence-corrected chi connectivity index (χ0v) is 17.6. The summed E-state index contributed by atoms with van der Waals surface area (Å²) in [6.07, 6.45) is 1.30. The summed E-state index contributed by atoms with van der Waals surface area (Å²) >= 11 is 0. The maximum Gasteiger partial charge on any atom is 0.201 e. The van der Waals surface area contributed by atoms with Crippen molar-refractivity contribution in [3.05, 3.63) is 77.6 Å². The van der Waals surface area contributed by atoms with E-state index in [0.29, 0.717) is 25.6 Å². The molecule has 0 bridgehead atoms. The van der Waals surface area contributed by atoms with Gasteiger partial charge in [0, 0.05) is 24.8 Å². The molecule has 0 unspecified atom stereocenters. The van der Waals surface area contributed by atoms with Gasteiger partial charge in [0.25, 0.3) is 0 Å². The summed E-state index contributed by atoms with van der Waals surface area (Å²) in [6, 6.07) is 18.5. The minimum Gasteiger partial charge on any atom is -0.347 e. The molecule has 0 amide bonds. The summed E-state index contributed by atoms with van der Waals surface area (Å²) in [7, 11) is 0. The van der Waals surface area contributed by atoms with Gasteiger partial charge in [0.2, 0.25) is 6.29 Å². The summed E-state index contributed by atoms with van der Waals surface area (Å²) in [5.74, 6) is 0.572. The number of rotatable bonds is 8. The van der Waals surface area contributed by atoms with Gasteiger partial charge in [-0.2, -0.15) is 5.10 Å². The lowest BCUT2D eigenvalue weighted by atomic mass is 10.2. The smallest absolute Gasteiger partial charge is 0.201 e. The number of hydrogen-bond donors (Lipinski definition) is 0. The molecule has 0 spiro atoms. The Balaban J connectivity index is 1.79. The second kappa shape index (κ2) is 9.15. The molecule has 2 aromatic carbocycles. The largest absolute Gasteiger partial charge is 0.347 e. The third-order valence-electron chi connectivity index (χ3n) is 4.92. The molecule has 0 fully saturated rings. The van der Waals surface area contributed by atoms with Crippen molar-refractivity contribution < 1.29 is 9.47 Å². The van der Waals surface area contributed by atoms with Crippen LogP contribution in [-0.4, -0.2) is 33.0 Å². The third kappa shape index (κ3) is 4.10. The van der Waals surface area contributed by atoms with Crippen LogP contribution in [0.25, 0.3) is 22.4 Å². The van der Waals surface area contributed by atoms with Gasteiger partial charge >= 0.3 is 0 Å². The first-order chi connectivity index (χ1) is 14.7. The fraction of sp³-hybridized carbons (Fsp3) is 0.292. The van der Waals surface area contributed by atoms with E-state index in [9.17, 15) is 0 Å². The number of aromatic nitrogens is 4. The van der Waals surface area contributed by atoms with Gasteiger partial charge in [-0.15, -0.1) is 0 Å². The van der Waals surface area contributed by atoms with E-state index in [-0.39, 0.29) is 0 Å². The Labute approximate surface area is 176 Å². The van der Waals surface area contributed by atoms with Crippen molar-refractivity contribution in [3.63, 3.8) is 0 Å². The van der Waals surface area contributed by atoms with E-state index in [4.69, 9.17) is 19.6 Å². The van der Waals surface area contributed by atoms with Crippen molar-refractivity contribution in [1.29, 1.82) is 0 Å². The zero-order chi connectivity index (χ0) is 20.9. The van der Waals surface area contributed by atoms with Gasteiger partial charge < -0.3 is 9.47 Å². The fourth-order valence-corrected chi connectivity index (χ4v) is 3.49. The van der Waals surface area contributed by atoms with Gasteiger partial charge in [0.05, 0.1) is 12.1 Å². The SMILES string of the molecule is CCOC(OCC)c1nc(-c2nn(Cc3ccccc3)c3ccccc23)ncc1C. The molecule has 6 nitrogen and oxygen atoms in total. The fourth-order valence-electron chi connectivity index (χ4n) is 3.49. The zero-order valence-electron chi connectivity index (χ0n) is 17.6. The molecule has 0 saturated heterocycles. The highest BCUT2D eigenvalue weighted by atomic mass is 16.7. The van der Waals surface area contributed by atoms with E-state index in [1.54, 1.807) is 0 Å². The molecule has 30 heavy (non-hydrogen) atoms. The van der Waals surface area contributed by atoms with E-state index >= 15 is 0 Å². The van der Waals surface area contributed by atoms with Gasteiger partial charge in [-0.1, -0.05) is 48.5 Å². The Kier molecular flexibility index (Phi) is 6.16. The van der Waals surface area contributed by atoms with E-state index in [0.717, 1.165) is 27.9 Å². The molecule has 0 aliphatic heterocycles. The number of para-hydroxylation sites is 1. The molecule has 0 aliphatic rings. The standard InChI is InChI=1S/C24H26N4O2/c1-4-29-24(30-5-2)21-17(3)15-25-23(26-21)22-19-13-9-10-14-20(19)28(27-22)16-18-11-7-6-8-12-18/h6-15,24H,4-5,16H2,1-3H3. The number of aryl methyl sites for hydroxylation is 1. The molecule has 4 aromatic rings. The predicted octanol–water partition coefficient (Wildman–Crippen LogP) is 4.92. The Morgan fingerprint density at radius 2 is 1.63 bits per heavy atom. The molecule has 0 radical (unpaired) electrons. The van der Waals surface area contributed by atoms with Gasteiger partial charge in [-0.3, -0.25) is 4.68 Å². The van der Waals surface area contributed by atoms with Gasteiger partial charge in [-0.05, 0) is 38.0 Å². The Hall–Kier alpha value is -3.09. The quantitative estimate of drug-likeness (QED) is 0.391. The van der Waals surface area contributed by atoms with Crippen LogP contribution in [0.4, 0.5) is 0 Å². The van der Waals surface area contributed by atoms with Crippen LogP contribution in [-0.2, 0) is 16.0 Å². The third-order valence-corrected chi connectivity index (χ3v) is 4.92. The van der Waals surface area contributed by atoms with Crippen LogP contribution < -0.4 is 0 Å². The highest BCUT2D eigenvalue weighted by Crippen LogP contribution is 2.28. The first-order valence-corrected chi connectivity index (χ1v) is 10.3. The van der Waals surface area contributed by atoms with Crippen molar-refractivity contribution in [2.24, 2.45) is 0 Å². The highest BCUT2D eigenvalue weighted by molar-refractivity contribution is 5.91. The van der Waals surface area contributed by atoms with Crippen LogP contribution >= 0.6 is 0 Å². The number of hydrogen-bond acceptors (Lipinski definition) is 5. The molecule has 2 aromatic heterocycles. The summed E-state index contributed by atoms with van der Waals surface area (Å²) in [6.45, 7) is 7.62. The second-order valence-corrected chi connectivity index (χ2v) is 7.01. The first kappa shape index (κ1) is 20.2. The molecular formula is C24H26N4O2. The van der Waals surface area contributed by atoms with E-state index in [2.05, 4.69) is 29.2 Å². The minimum atomic E-state index is -0.514. The van der Waals surface area contributed by atoms with Crippen LogP contribution in [0.3, 0.4) is 0 Å². The van der Waals surface area contributed by atoms with Crippen molar-refractivity contribution in [2.45, 2.75) is 33.6 Å². The molecule has 2 heterocycles. The molecule has 0 atom stereocenters. The van der Waals surface area contributed by atoms with Crippen LogP contribution in [0, 0.1) is 6.92 Å². The Bertz CT molecular complexity index is 1120. The molecule has 0 N–H and O–H groups in total. The van der Waals surface area contributed by atoms with Gasteiger partial charge in [0.1, 0.15) is 11.4 Å². The molecule has 0 saturated carbocycles. The van der Waals surface area contributed by atoms with Crippen molar-refractivity contribution in [3.8, 4) is 11.5 Å². The van der Waals surface area contributed by atoms with Crippen molar-refractivity contribution in [1.82, 2.24) is 19.7 Å². The predicted molar refractivity (Wildman–Crippen MR) is 117 cm³/mol. The van der Waals surface area contributed by atoms with Crippen molar-refractivity contribution >= 4 is 10.9 Å². The first-order valence-electron chi connectivity index (χ1n) is 10.3. The van der Waals surface area contributed by atoms with E-state index in [1.165, 1.54) is 5.56 Å². The number of nitrogens with zero attached hydrogens (tertiary/aromatic N) is 4. The average molecular weight is 402 g/mol. The summed E-state index contributed by atoms with van der Waals surface area (Å²) in [4.78, 5) is 9.40. The number of benzene rings is 2. The summed E-state index contributed by atoms with van der Waals surface area (Å²) in [5, 5.41) is 5.91. The lowest BCUT2D eigenvalue weighted by molar-refractivity contribution is -0.143.